The molecule has 2 aromatic rings. The minimum Gasteiger partial charge on any atom is -0.489 e. The second-order valence-electron chi connectivity index (χ2n) is 8.45. The van der Waals surface area contributed by atoms with Crippen molar-refractivity contribution in [1.29, 1.82) is 0 Å². The first-order valence-electron chi connectivity index (χ1n) is 11.1. The molecule has 1 saturated carbocycles. The molecular formula is C23H30ClN5O2. The molecular weight excluding hydrogens is 414 g/mol. The summed E-state index contributed by atoms with van der Waals surface area (Å²) in [4.78, 5) is 22.2. The molecule has 2 heterocycles. The molecule has 0 radical (unpaired) electrons. The first-order chi connectivity index (χ1) is 15.0. The lowest BCUT2D eigenvalue weighted by Crippen LogP contribution is -2.26. The number of halogens is 1. The van der Waals surface area contributed by atoms with Gasteiger partial charge in [0.15, 0.2) is 11.6 Å². The lowest BCUT2D eigenvalue weighted by Gasteiger charge is -2.21. The quantitative estimate of drug-likeness (QED) is 0.662. The first kappa shape index (κ1) is 21.7. The predicted octanol–water partition coefficient (Wildman–Crippen LogP) is 4.34. The van der Waals surface area contributed by atoms with Gasteiger partial charge in [0.05, 0.1) is 12.6 Å². The molecule has 1 aromatic heterocycles. The van der Waals surface area contributed by atoms with Crippen LogP contribution in [-0.4, -0.2) is 41.1 Å². The summed E-state index contributed by atoms with van der Waals surface area (Å²) in [7, 11) is 0. The van der Waals surface area contributed by atoms with Gasteiger partial charge in [-0.1, -0.05) is 36.6 Å². The number of hydrogen-bond acceptors (Lipinski definition) is 6. The third-order valence-electron chi connectivity index (χ3n) is 6.01. The Balaban J connectivity index is 1.36. The fourth-order valence-electron chi connectivity index (χ4n) is 4.38. The van der Waals surface area contributed by atoms with Crippen LogP contribution in [0.2, 0.25) is 5.02 Å². The average molecular weight is 444 g/mol. The molecule has 1 aliphatic heterocycles. The van der Waals surface area contributed by atoms with Gasteiger partial charge in [0, 0.05) is 25.9 Å². The van der Waals surface area contributed by atoms with E-state index < -0.39 is 0 Å². The van der Waals surface area contributed by atoms with Crippen LogP contribution in [0, 0.1) is 0 Å². The van der Waals surface area contributed by atoms with Crippen molar-refractivity contribution in [2.75, 3.05) is 23.3 Å². The minimum absolute atomic E-state index is 0.0273. The Kier molecular flexibility index (Phi) is 6.80. The van der Waals surface area contributed by atoms with Crippen LogP contribution in [0.3, 0.4) is 0 Å². The molecule has 1 aliphatic carbocycles. The van der Waals surface area contributed by atoms with Gasteiger partial charge in [-0.25, -0.2) is 9.97 Å². The van der Waals surface area contributed by atoms with Crippen LogP contribution in [0.5, 0.6) is 5.75 Å². The molecule has 2 fully saturated rings. The van der Waals surface area contributed by atoms with Crippen LogP contribution < -0.4 is 20.3 Å². The Hall–Kier alpha value is -2.54. The fourth-order valence-corrected chi connectivity index (χ4v) is 4.65. The van der Waals surface area contributed by atoms with E-state index in [0.29, 0.717) is 11.1 Å². The standard InChI is InChI=1S/C23H30ClN5O2/c1-15(27-16(2)30)17-7-9-19(10-8-17)31-20-11-12-29(13-20)23-21(24)22(25-14-26-23)28-18-5-3-4-6-18/h7-10,14-15,18,20H,3-6,11-13H2,1-2H3,(H,27,30)(H,25,26,28)/t15-,20+/m0/s1. The normalized spacial score (nSPS) is 20.0. The van der Waals surface area contributed by atoms with Crippen molar-refractivity contribution >= 4 is 29.1 Å². The summed E-state index contributed by atoms with van der Waals surface area (Å²) in [6.45, 7) is 5.05. The molecule has 7 nitrogen and oxygen atoms in total. The predicted molar refractivity (Wildman–Crippen MR) is 123 cm³/mol. The van der Waals surface area contributed by atoms with E-state index in [0.717, 1.165) is 55.3 Å². The van der Waals surface area contributed by atoms with E-state index >= 15 is 0 Å². The van der Waals surface area contributed by atoms with E-state index in [-0.39, 0.29) is 18.1 Å². The molecule has 1 amide bonds. The van der Waals surface area contributed by atoms with Gasteiger partial charge < -0.3 is 20.3 Å². The zero-order valence-corrected chi connectivity index (χ0v) is 18.9. The number of ether oxygens (including phenoxy) is 1. The lowest BCUT2D eigenvalue weighted by molar-refractivity contribution is -0.119. The minimum atomic E-state index is -0.0381. The number of rotatable bonds is 7. The highest BCUT2D eigenvalue weighted by atomic mass is 35.5. The van der Waals surface area contributed by atoms with E-state index in [1.165, 1.54) is 19.8 Å². The van der Waals surface area contributed by atoms with Gasteiger partial charge in [-0.2, -0.15) is 0 Å². The molecule has 0 spiro atoms. The summed E-state index contributed by atoms with van der Waals surface area (Å²) in [5.41, 5.74) is 1.05. The third-order valence-corrected chi connectivity index (χ3v) is 6.36. The molecule has 0 bridgehead atoms. The monoisotopic (exact) mass is 443 g/mol. The molecule has 1 saturated heterocycles. The molecule has 1 aromatic carbocycles. The van der Waals surface area contributed by atoms with Crippen molar-refractivity contribution in [2.24, 2.45) is 0 Å². The number of anilines is 2. The largest absolute Gasteiger partial charge is 0.489 e. The Morgan fingerprint density at radius 3 is 2.65 bits per heavy atom. The van der Waals surface area contributed by atoms with Crippen LogP contribution >= 0.6 is 11.6 Å². The van der Waals surface area contributed by atoms with E-state index in [1.54, 1.807) is 6.33 Å². The molecule has 2 aliphatic rings. The van der Waals surface area contributed by atoms with E-state index in [9.17, 15) is 4.79 Å². The van der Waals surface area contributed by atoms with Gasteiger partial charge in [0.25, 0.3) is 0 Å². The maximum Gasteiger partial charge on any atom is 0.217 e. The van der Waals surface area contributed by atoms with Crippen molar-refractivity contribution in [3.05, 3.63) is 41.2 Å². The van der Waals surface area contributed by atoms with Crippen molar-refractivity contribution in [1.82, 2.24) is 15.3 Å². The maximum atomic E-state index is 11.2. The number of nitrogens with one attached hydrogen (secondary N) is 2. The van der Waals surface area contributed by atoms with E-state index in [1.807, 2.05) is 31.2 Å². The summed E-state index contributed by atoms with van der Waals surface area (Å²) in [6, 6.07) is 8.32. The number of nitrogens with zero attached hydrogens (tertiary/aromatic N) is 3. The van der Waals surface area contributed by atoms with Crippen molar-refractivity contribution in [2.45, 2.75) is 64.1 Å². The highest BCUT2D eigenvalue weighted by molar-refractivity contribution is 6.35. The van der Waals surface area contributed by atoms with Gasteiger partial charge in [-0.3, -0.25) is 4.79 Å². The zero-order valence-electron chi connectivity index (χ0n) is 18.1. The number of aromatic nitrogens is 2. The summed E-state index contributed by atoms with van der Waals surface area (Å²) >= 11 is 6.66. The van der Waals surface area contributed by atoms with Crippen molar-refractivity contribution in [3.63, 3.8) is 0 Å². The van der Waals surface area contributed by atoms with Gasteiger partial charge in [0.2, 0.25) is 5.91 Å². The third kappa shape index (κ3) is 5.39. The number of carbonyl (C=O) groups excluding carboxylic acids is 1. The topological polar surface area (TPSA) is 79.4 Å². The van der Waals surface area contributed by atoms with Crippen LogP contribution in [-0.2, 0) is 4.79 Å². The number of amides is 1. The zero-order chi connectivity index (χ0) is 21.8. The van der Waals surface area contributed by atoms with E-state index in [2.05, 4.69) is 25.5 Å². The molecule has 166 valence electrons. The molecule has 0 unspecified atom stereocenters. The summed E-state index contributed by atoms with van der Waals surface area (Å²) < 4.78 is 6.19. The molecule has 2 N–H and O–H groups in total. The van der Waals surface area contributed by atoms with Crippen LogP contribution in [0.1, 0.15) is 57.6 Å². The van der Waals surface area contributed by atoms with Crippen LogP contribution in [0.25, 0.3) is 0 Å². The maximum absolute atomic E-state index is 11.2. The average Bonchev–Trinajstić information content (AvgIpc) is 3.42. The van der Waals surface area contributed by atoms with Gasteiger partial charge in [0.1, 0.15) is 23.2 Å². The van der Waals surface area contributed by atoms with Crippen LogP contribution in [0.15, 0.2) is 30.6 Å². The number of carbonyl (C=O) groups is 1. The van der Waals surface area contributed by atoms with Gasteiger partial charge in [-0.05, 0) is 37.5 Å². The summed E-state index contributed by atoms with van der Waals surface area (Å²) in [5.74, 6) is 2.28. The first-order valence-corrected chi connectivity index (χ1v) is 11.4. The Bertz CT molecular complexity index is 901. The second-order valence-corrected chi connectivity index (χ2v) is 8.83. The Morgan fingerprint density at radius 2 is 1.94 bits per heavy atom. The number of benzene rings is 1. The number of hydrogen-bond donors (Lipinski definition) is 2. The fraction of sp³-hybridized carbons (Fsp3) is 0.522. The van der Waals surface area contributed by atoms with Gasteiger partial charge in [-0.15, -0.1) is 0 Å². The Morgan fingerprint density at radius 1 is 1.19 bits per heavy atom. The smallest absolute Gasteiger partial charge is 0.217 e. The van der Waals surface area contributed by atoms with E-state index in [4.69, 9.17) is 16.3 Å². The molecule has 8 heteroatoms. The lowest BCUT2D eigenvalue weighted by atomic mass is 10.1. The Labute approximate surface area is 188 Å². The SMILES string of the molecule is CC(=O)N[C@@H](C)c1ccc(O[C@@H]2CCN(c3ncnc(NC4CCCC4)c3Cl)C2)cc1. The highest BCUT2D eigenvalue weighted by Crippen LogP contribution is 2.33. The second kappa shape index (κ2) is 9.73. The highest BCUT2D eigenvalue weighted by Gasteiger charge is 2.28. The van der Waals surface area contributed by atoms with Crippen LogP contribution in [0.4, 0.5) is 11.6 Å². The summed E-state index contributed by atoms with van der Waals surface area (Å²) in [6.07, 6.45) is 7.39. The van der Waals surface area contributed by atoms with Gasteiger partial charge >= 0.3 is 0 Å². The van der Waals surface area contributed by atoms with Crippen molar-refractivity contribution < 1.29 is 9.53 Å². The molecule has 2 atom stereocenters. The molecule has 31 heavy (non-hydrogen) atoms. The molecule has 4 rings (SSSR count). The summed E-state index contributed by atoms with van der Waals surface area (Å²) in [5, 5.41) is 6.96. The van der Waals surface area contributed by atoms with Crippen molar-refractivity contribution in [3.8, 4) is 5.75 Å².